The Kier molecular flexibility index (Phi) is 5.45. The first-order valence-electron chi connectivity index (χ1n) is 9.57. The third-order valence-electron chi connectivity index (χ3n) is 5.65. The van der Waals surface area contributed by atoms with Crippen LogP contribution in [0.2, 0.25) is 0 Å². The Bertz CT molecular complexity index is 917. The lowest BCUT2D eigenvalue weighted by Crippen LogP contribution is -2.54. The summed E-state index contributed by atoms with van der Waals surface area (Å²) in [7, 11) is 1.56. The van der Waals surface area contributed by atoms with E-state index in [1.54, 1.807) is 31.4 Å². The number of amides is 1. The molecule has 152 valence electrons. The number of hydrogen-bond acceptors (Lipinski definition) is 5. The average Bonchev–Trinajstić information content (AvgIpc) is 2.74. The van der Waals surface area contributed by atoms with Gasteiger partial charge >= 0.3 is 0 Å². The lowest BCUT2D eigenvalue weighted by atomic mass is 9.86. The Hall–Kier alpha value is -2.61. The minimum absolute atomic E-state index is 0.0688. The van der Waals surface area contributed by atoms with E-state index in [4.69, 9.17) is 15.2 Å². The van der Waals surface area contributed by atoms with Crippen molar-refractivity contribution in [3.8, 4) is 0 Å². The van der Waals surface area contributed by atoms with Gasteiger partial charge in [-0.3, -0.25) is 9.59 Å². The molecule has 2 N–H and O–H groups in total. The van der Waals surface area contributed by atoms with Crippen LogP contribution in [0.25, 0.3) is 0 Å². The molecule has 4 rings (SSSR count). The van der Waals surface area contributed by atoms with E-state index in [0.29, 0.717) is 12.0 Å². The third kappa shape index (κ3) is 3.69. The molecule has 0 unspecified atom stereocenters. The first kappa shape index (κ1) is 19.7. The molecule has 1 saturated heterocycles. The zero-order chi connectivity index (χ0) is 20.5. The second-order valence-electron chi connectivity index (χ2n) is 7.43. The minimum atomic E-state index is -0.752. The van der Waals surface area contributed by atoms with Crippen LogP contribution < -0.4 is 5.73 Å². The van der Waals surface area contributed by atoms with Gasteiger partial charge in [0, 0.05) is 25.1 Å². The van der Waals surface area contributed by atoms with Crippen molar-refractivity contribution in [2.24, 2.45) is 5.73 Å². The van der Waals surface area contributed by atoms with Gasteiger partial charge in [0.05, 0.1) is 25.3 Å². The molecule has 1 amide bonds. The van der Waals surface area contributed by atoms with Gasteiger partial charge in [0.1, 0.15) is 11.9 Å². The molecular weight excluding hydrogens is 375 g/mol. The van der Waals surface area contributed by atoms with Crippen molar-refractivity contribution < 1.29 is 23.5 Å². The van der Waals surface area contributed by atoms with E-state index in [-0.39, 0.29) is 42.8 Å². The van der Waals surface area contributed by atoms with Gasteiger partial charge in [-0.1, -0.05) is 36.4 Å². The fourth-order valence-corrected chi connectivity index (χ4v) is 4.10. The number of methoxy groups -OCH3 is 1. The van der Waals surface area contributed by atoms with E-state index in [1.807, 2.05) is 12.1 Å². The summed E-state index contributed by atoms with van der Waals surface area (Å²) in [4.78, 5) is 27.6. The van der Waals surface area contributed by atoms with Crippen LogP contribution in [-0.2, 0) is 14.3 Å². The standard InChI is InChI=1S/C22H23FN2O4/c1-28-20-12-29-19(10-17(20)24)22(27)25-11-18(26)15-4-2-3-5-16(15)21(25)13-6-8-14(23)9-7-13/h2-9,17,19-21H,10-12,24H2,1H3/t17-,19+,20-,21-/m0/s1. The monoisotopic (exact) mass is 398 g/mol. The first-order valence-corrected chi connectivity index (χ1v) is 9.57. The fraction of sp³-hybridized carbons (Fsp3) is 0.364. The van der Waals surface area contributed by atoms with Crippen LogP contribution in [0.5, 0.6) is 0 Å². The van der Waals surface area contributed by atoms with E-state index < -0.39 is 12.1 Å². The average molecular weight is 398 g/mol. The summed E-state index contributed by atoms with van der Waals surface area (Å²) in [5.41, 5.74) is 8.16. The number of fused-ring (bicyclic) bond motifs is 1. The maximum absolute atomic E-state index is 13.5. The van der Waals surface area contributed by atoms with Crippen molar-refractivity contribution in [2.45, 2.75) is 30.7 Å². The smallest absolute Gasteiger partial charge is 0.252 e. The van der Waals surface area contributed by atoms with Crippen LogP contribution in [0.15, 0.2) is 48.5 Å². The summed E-state index contributed by atoms with van der Waals surface area (Å²) in [6.07, 6.45) is -0.715. The van der Waals surface area contributed by atoms with Crippen LogP contribution in [0.3, 0.4) is 0 Å². The van der Waals surface area contributed by atoms with Gasteiger partial charge in [0.15, 0.2) is 5.78 Å². The number of halogens is 1. The predicted molar refractivity (Wildman–Crippen MR) is 104 cm³/mol. The maximum atomic E-state index is 13.5. The number of nitrogens with two attached hydrogens (primary N) is 1. The zero-order valence-corrected chi connectivity index (χ0v) is 16.1. The highest BCUT2D eigenvalue weighted by molar-refractivity contribution is 6.03. The number of ether oxygens (including phenoxy) is 2. The quantitative estimate of drug-likeness (QED) is 0.856. The van der Waals surface area contributed by atoms with Crippen molar-refractivity contribution in [3.05, 3.63) is 71.0 Å². The third-order valence-corrected chi connectivity index (χ3v) is 5.65. The van der Waals surface area contributed by atoms with Gasteiger partial charge in [-0.2, -0.15) is 0 Å². The van der Waals surface area contributed by atoms with Crippen molar-refractivity contribution in [2.75, 3.05) is 20.3 Å². The number of benzene rings is 2. The molecule has 2 heterocycles. The number of nitrogens with zero attached hydrogens (tertiary/aromatic N) is 1. The Morgan fingerprint density at radius 3 is 2.62 bits per heavy atom. The van der Waals surface area contributed by atoms with Gasteiger partial charge in [0.2, 0.25) is 0 Å². The number of carbonyl (C=O) groups is 2. The lowest BCUT2D eigenvalue weighted by molar-refractivity contribution is -0.155. The second kappa shape index (κ2) is 8.02. The van der Waals surface area contributed by atoms with Gasteiger partial charge in [-0.05, 0) is 23.3 Å². The largest absolute Gasteiger partial charge is 0.377 e. The molecule has 4 atom stereocenters. The number of rotatable bonds is 3. The maximum Gasteiger partial charge on any atom is 0.252 e. The second-order valence-corrected chi connectivity index (χ2v) is 7.43. The van der Waals surface area contributed by atoms with Crippen LogP contribution >= 0.6 is 0 Å². The number of carbonyl (C=O) groups excluding carboxylic acids is 2. The summed E-state index contributed by atoms with van der Waals surface area (Å²) in [6.45, 7) is 0.147. The SMILES string of the molecule is CO[C@H]1CO[C@@H](C(=O)N2CC(=O)c3ccccc3[C@@H]2c2ccc(F)cc2)C[C@@H]1N. The highest BCUT2D eigenvalue weighted by Gasteiger charge is 2.41. The highest BCUT2D eigenvalue weighted by Crippen LogP contribution is 2.36. The number of Topliss-reactive ketones (excluding diaryl/α,β-unsaturated/α-hetero) is 1. The van der Waals surface area contributed by atoms with Crippen LogP contribution in [-0.4, -0.2) is 55.1 Å². The van der Waals surface area contributed by atoms with E-state index in [1.165, 1.54) is 17.0 Å². The highest BCUT2D eigenvalue weighted by atomic mass is 19.1. The summed E-state index contributed by atoms with van der Waals surface area (Å²) in [5.74, 6) is -0.798. The molecular formula is C22H23FN2O4. The van der Waals surface area contributed by atoms with Gasteiger partial charge < -0.3 is 20.1 Å². The molecule has 7 heteroatoms. The Labute approximate surface area is 168 Å². The van der Waals surface area contributed by atoms with Crippen molar-refractivity contribution in [1.29, 1.82) is 0 Å². The van der Waals surface area contributed by atoms with Crippen LogP contribution in [0, 0.1) is 5.82 Å². The Morgan fingerprint density at radius 1 is 1.21 bits per heavy atom. The molecule has 1 fully saturated rings. The summed E-state index contributed by atoms with van der Waals surface area (Å²) in [5, 5.41) is 0. The molecule has 2 aromatic rings. The normalized spacial score (nSPS) is 26.9. The first-order chi connectivity index (χ1) is 14.0. The molecule has 2 aromatic carbocycles. The molecule has 0 radical (unpaired) electrons. The summed E-state index contributed by atoms with van der Waals surface area (Å²) in [6, 6.07) is 12.4. The molecule has 0 aliphatic carbocycles. The molecule has 0 saturated carbocycles. The molecule has 0 spiro atoms. The molecule has 29 heavy (non-hydrogen) atoms. The number of hydrogen-bond donors (Lipinski definition) is 1. The van der Waals surface area contributed by atoms with Crippen molar-refractivity contribution >= 4 is 11.7 Å². The summed E-state index contributed by atoms with van der Waals surface area (Å²) < 4.78 is 24.5. The minimum Gasteiger partial charge on any atom is -0.377 e. The predicted octanol–water partition coefficient (Wildman–Crippen LogP) is 2.07. The lowest BCUT2D eigenvalue weighted by Gasteiger charge is -2.40. The van der Waals surface area contributed by atoms with Crippen molar-refractivity contribution in [3.63, 3.8) is 0 Å². The fourth-order valence-electron chi connectivity index (χ4n) is 4.10. The van der Waals surface area contributed by atoms with Crippen LogP contribution in [0.4, 0.5) is 4.39 Å². The van der Waals surface area contributed by atoms with E-state index in [0.717, 1.165) is 11.1 Å². The molecule has 6 nitrogen and oxygen atoms in total. The van der Waals surface area contributed by atoms with Crippen molar-refractivity contribution in [1.82, 2.24) is 4.90 Å². The Morgan fingerprint density at radius 2 is 1.93 bits per heavy atom. The van der Waals surface area contributed by atoms with E-state index >= 15 is 0 Å². The van der Waals surface area contributed by atoms with Gasteiger partial charge in [-0.15, -0.1) is 0 Å². The summed E-state index contributed by atoms with van der Waals surface area (Å²) >= 11 is 0. The molecule has 2 aliphatic rings. The molecule has 2 aliphatic heterocycles. The van der Waals surface area contributed by atoms with Gasteiger partial charge in [-0.25, -0.2) is 4.39 Å². The molecule has 0 bridgehead atoms. The van der Waals surface area contributed by atoms with E-state index in [9.17, 15) is 14.0 Å². The number of ketones is 1. The molecule has 0 aromatic heterocycles. The topological polar surface area (TPSA) is 81.9 Å². The van der Waals surface area contributed by atoms with Gasteiger partial charge in [0.25, 0.3) is 5.91 Å². The zero-order valence-electron chi connectivity index (χ0n) is 16.1. The Balaban J connectivity index is 1.70. The van der Waals surface area contributed by atoms with Crippen LogP contribution in [0.1, 0.15) is 33.9 Å². The van der Waals surface area contributed by atoms with E-state index in [2.05, 4.69) is 0 Å².